The molecule has 0 bridgehead atoms. The van der Waals surface area contributed by atoms with Crippen LogP contribution in [0, 0.1) is 11.8 Å². The second-order valence-corrected chi connectivity index (χ2v) is 12.2. The van der Waals surface area contributed by atoms with Gasteiger partial charge in [0.25, 0.3) is 0 Å². The fourth-order valence-corrected chi connectivity index (χ4v) is 7.02. The van der Waals surface area contributed by atoms with E-state index in [0.29, 0.717) is 45.3 Å². The Bertz CT molecular complexity index is 1250. The number of hydrogen-bond donors (Lipinski definition) is 2. The van der Waals surface area contributed by atoms with Gasteiger partial charge >= 0.3 is 5.97 Å². The molecule has 4 aliphatic rings. The molecule has 4 heterocycles. The largest absolute Gasteiger partial charge is 0.455 e. The Morgan fingerprint density at radius 1 is 0.977 bits per heavy atom. The summed E-state index contributed by atoms with van der Waals surface area (Å²) < 4.78 is 12.9. The van der Waals surface area contributed by atoms with Crippen LogP contribution in [-0.4, -0.2) is 89.1 Å². The molecule has 3 amide bonds. The minimum absolute atomic E-state index is 0.0604. The Hall–Kier alpha value is -3.50. The molecule has 0 aromatic heterocycles. The van der Waals surface area contributed by atoms with Crippen molar-refractivity contribution in [3.05, 3.63) is 60.2 Å². The number of amides is 3. The second-order valence-electron chi connectivity index (χ2n) is 12.2. The predicted octanol–water partition coefficient (Wildman–Crippen LogP) is 3.07. The highest BCUT2D eigenvalue weighted by atomic mass is 16.6. The monoisotopic (exact) mass is 607 g/mol. The lowest BCUT2D eigenvalue weighted by atomic mass is 9.78. The van der Waals surface area contributed by atoms with Crippen molar-refractivity contribution in [2.75, 3.05) is 32.8 Å². The highest BCUT2D eigenvalue weighted by Gasteiger charge is 2.71. The van der Waals surface area contributed by atoms with Crippen molar-refractivity contribution in [3.63, 3.8) is 0 Å². The number of esters is 1. The summed E-state index contributed by atoms with van der Waals surface area (Å²) in [6.07, 6.45) is 11.2. The van der Waals surface area contributed by atoms with Gasteiger partial charge in [-0.2, -0.15) is 0 Å². The van der Waals surface area contributed by atoms with Crippen LogP contribution in [-0.2, 0) is 28.7 Å². The van der Waals surface area contributed by atoms with Crippen LogP contribution in [0.15, 0.2) is 54.6 Å². The second kappa shape index (κ2) is 14.5. The molecule has 1 spiro atoms. The van der Waals surface area contributed by atoms with Gasteiger partial charge in [-0.15, -0.1) is 0 Å². The fourth-order valence-electron chi connectivity index (χ4n) is 7.02. The summed E-state index contributed by atoms with van der Waals surface area (Å²) in [6, 6.07) is 8.31. The number of rotatable bonds is 10. The summed E-state index contributed by atoms with van der Waals surface area (Å²) >= 11 is 0. The molecule has 0 saturated carbocycles. The van der Waals surface area contributed by atoms with Gasteiger partial charge in [-0.3, -0.25) is 19.2 Å². The normalized spacial score (nSPS) is 31.3. The van der Waals surface area contributed by atoms with E-state index in [0.717, 1.165) is 24.8 Å². The standard InChI is InChI=1S/C34H45N3O7/c1-2-3-10-19-36-20-13-18-34-29(31(40)37(30(34)32(36)41)21-11-5-12-22-38)28-25(44-34)16-8-9-17-27(39)35-23-26(43-33(28)42)24-14-6-4-7-15-24/h4,6-8,13-16,18,25-26,28-30,38H,2-3,5,9-12,17,19-23H2,1H3,(H,35,39)/b16-8-/t25-,26+,28+,29+,30-,34+/m0/s1. The number of carbonyl (C=O) groups is 4. The van der Waals surface area contributed by atoms with Gasteiger partial charge in [0.2, 0.25) is 17.7 Å². The van der Waals surface area contributed by atoms with E-state index in [4.69, 9.17) is 9.47 Å². The smallest absolute Gasteiger partial charge is 0.313 e. The molecule has 6 atom stereocenters. The first-order valence-corrected chi connectivity index (χ1v) is 16.2. The molecule has 2 saturated heterocycles. The number of nitrogens with zero attached hydrogens (tertiary/aromatic N) is 2. The predicted molar refractivity (Wildman–Crippen MR) is 163 cm³/mol. The minimum atomic E-state index is -1.33. The van der Waals surface area contributed by atoms with Gasteiger partial charge in [-0.05, 0) is 37.7 Å². The number of nitrogens with one attached hydrogen (secondary N) is 1. The third-order valence-electron chi connectivity index (χ3n) is 9.22. The number of cyclic esters (lactones) is 1. The van der Waals surface area contributed by atoms with E-state index >= 15 is 0 Å². The minimum Gasteiger partial charge on any atom is -0.455 e. The highest BCUT2D eigenvalue weighted by Crippen LogP contribution is 2.53. The molecule has 0 unspecified atom stereocenters. The summed E-state index contributed by atoms with van der Waals surface area (Å²) in [5.41, 5.74) is -0.604. The summed E-state index contributed by atoms with van der Waals surface area (Å²) in [7, 11) is 0. The van der Waals surface area contributed by atoms with Crippen LogP contribution in [0.3, 0.4) is 0 Å². The molecule has 44 heavy (non-hydrogen) atoms. The lowest BCUT2D eigenvalue weighted by Crippen LogP contribution is -2.55. The maximum absolute atomic E-state index is 14.4. The fraction of sp³-hybridized carbons (Fsp3) is 0.588. The number of allylic oxidation sites excluding steroid dienone is 1. The zero-order valence-corrected chi connectivity index (χ0v) is 25.6. The molecule has 238 valence electrons. The molecule has 0 aliphatic carbocycles. The van der Waals surface area contributed by atoms with E-state index in [9.17, 15) is 24.3 Å². The molecule has 0 radical (unpaired) electrons. The molecular formula is C34H45N3O7. The molecule has 1 aromatic rings. The van der Waals surface area contributed by atoms with Crippen LogP contribution in [0.4, 0.5) is 0 Å². The third kappa shape index (κ3) is 6.47. The van der Waals surface area contributed by atoms with Gasteiger partial charge < -0.3 is 29.7 Å². The van der Waals surface area contributed by atoms with E-state index < -0.39 is 41.7 Å². The van der Waals surface area contributed by atoms with Crippen LogP contribution in [0.25, 0.3) is 0 Å². The van der Waals surface area contributed by atoms with Crippen molar-refractivity contribution in [3.8, 4) is 0 Å². The Kier molecular flexibility index (Phi) is 10.5. The van der Waals surface area contributed by atoms with Crippen LogP contribution in [0.2, 0.25) is 0 Å². The van der Waals surface area contributed by atoms with Crippen molar-refractivity contribution in [2.24, 2.45) is 11.8 Å². The number of ether oxygens (including phenoxy) is 2. The van der Waals surface area contributed by atoms with Gasteiger partial charge in [0, 0.05) is 32.7 Å². The molecule has 5 rings (SSSR count). The van der Waals surface area contributed by atoms with Crippen LogP contribution < -0.4 is 5.32 Å². The number of benzene rings is 1. The van der Waals surface area contributed by atoms with Crippen molar-refractivity contribution in [1.29, 1.82) is 0 Å². The van der Waals surface area contributed by atoms with E-state index in [-0.39, 0.29) is 37.3 Å². The quantitative estimate of drug-likeness (QED) is 0.238. The Labute approximate surface area is 259 Å². The Morgan fingerprint density at radius 3 is 2.55 bits per heavy atom. The molecule has 10 nitrogen and oxygen atoms in total. The Morgan fingerprint density at radius 2 is 1.77 bits per heavy atom. The topological polar surface area (TPSA) is 125 Å². The maximum atomic E-state index is 14.4. The lowest BCUT2D eigenvalue weighted by molar-refractivity contribution is -0.160. The molecule has 4 aliphatic heterocycles. The van der Waals surface area contributed by atoms with Crippen LogP contribution >= 0.6 is 0 Å². The first kappa shape index (κ1) is 31.9. The third-order valence-corrected chi connectivity index (χ3v) is 9.22. The van der Waals surface area contributed by atoms with Crippen molar-refractivity contribution < 1.29 is 33.8 Å². The van der Waals surface area contributed by atoms with Gasteiger partial charge in [0.15, 0.2) is 0 Å². The summed E-state index contributed by atoms with van der Waals surface area (Å²) in [6.45, 7) is 3.59. The van der Waals surface area contributed by atoms with Crippen LogP contribution in [0.1, 0.15) is 70.0 Å². The van der Waals surface area contributed by atoms with Crippen molar-refractivity contribution in [1.82, 2.24) is 15.1 Å². The molecule has 10 heteroatoms. The number of aliphatic hydroxyl groups is 1. The molecule has 2 N–H and O–H groups in total. The van der Waals surface area contributed by atoms with E-state index in [1.165, 1.54) is 0 Å². The van der Waals surface area contributed by atoms with Gasteiger partial charge in [-0.1, -0.05) is 74.4 Å². The number of fused-ring (bicyclic) bond motifs is 2. The summed E-state index contributed by atoms with van der Waals surface area (Å²) in [4.78, 5) is 58.8. The summed E-state index contributed by atoms with van der Waals surface area (Å²) in [5, 5.41) is 12.2. The zero-order chi connectivity index (χ0) is 31.1. The van der Waals surface area contributed by atoms with E-state index in [1.54, 1.807) is 15.9 Å². The number of likely N-dealkylation sites (tertiary alicyclic amines) is 1. The van der Waals surface area contributed by atoms with Crippen molar-refractivity contribution in [2.45, 2.75) is 82.1 Å². The Balaban J connectivity index is 1.52. The summed E-state index contributed by atoms with van der Waals surface area (Å²) in [5.74, 6) is -3.13. The average molecular weight is 608 g/mol. The van der Waals surface area contributed by atoms with Crippen molar-refractivity contribution >= 4 is 23.7 Å². The van der Waals surface area contributed by atoms with E-state index in [1.807, 2.05) is 48.6 Å². The first-order chi connectivity index (χ1) is 21.4. The molecule has 2 fully saturated rings. The first-order valence-electron chi connectivity index (χ1n) is 16.2. The lowest BCUT2D eigenvalue weighted by Gasteiger charge is -2.35. The molecule has 1 aromatic carbocycles. The van der Waals surface area contributed by atoms with Gasteiger partial charge in [0.05, 0.1) is 18.6 Å². The number of aliphatic hydroxyl groups excluding tert-OH is 1. The van der Waals surface area contributed by atoms with Gasteiger partial charge in [0.1, 0.15) is 23.7 Å². The van der Waals surface area contributed by atoms with Crippen LogP contribution in [0.5, 0.6) is 0 Å². The number of carbonyl (C=O) groups excluding carboxylic acids is 4. The molecular weight excluding hydrogens is 562 g/mol. The zero-order valence-electron chi connectivity index (χ0n) is 25.6. The van der Waals surface area contributed by atoms with E-state index in [2.05, 4.69) is 12.2 Å². The SMILES string of the molecule is CCCCCN1CC=C[C@@]23O[C@H]4/C=C\CCC(=O)NC[C@H](c5ccccc5)OC(=O)[C@H]4[C@@H]2C(=O)N(CCCCCO)[C@H]3C1=O. The number of unbranched alkanes of at least 4 members (excludes halogenated alkanes) is 4. The maximum Gasteiger partial charge on any atom is 0.313 e. The van der Waals surface area contributed by atoms with Gasteiger partial charge in [-0.25, -0.2) is 0 Å². The average Bonchev–Trinajstić information content (AvgIpc) is 3.41. The highest BCUT2D eigenvalue weighted by molar-refractivity contribution is 5.99. The number of hydrogen-bond acceptors (Lipinski definition) is 7.